The number of hydrogen-bond acceptors (Lipinski definition) is 3. The summed E-state index contributed by atoms with van der Waals surface area (Å²) in [6.07, 6.45) is 2.78. The molecule has 1 aromatic heterocycles. The summed E-state index contributed by atoms with van der Waals surface area (Å²) >= 11 is 3.44. The minimum Gasteiger partial charge on any atom is -0.296 e. The Hall–Kier alpha value is -0.420. The highest BCUT2D eigenvalue weighted by molar-refractivity contribution is 9.09. The molecule has 0 N–H and O–H groups in total. The zero-order valence-corrected chi connectivity index (χ0v) is 10.4. The van der Waals surface area contributed by atoms with E-state index in [9.17, 15) is 0 Å². The first-order valence-electron chi connectivity index (χ1n) is 4.89. The Kier molecular flexibility index (Phi) is 5.11. The highest BCUT2D eigenvalue weighted by Crippen LogP contribution is 2.01. The molecule has 0 amide bonds. The van der Waals surface area contributed by atoms with Crippen molar-refractivity contribution < 1.29 is 0 Å². The van der Waals surface area contributed by atoms with Gasteiger partial charge in [0.05, 0.1) is 6.54 Å². The molecule has 0 spiro atoms. The molecule has 1 heterocycles. The van der Waals surface area contributed by atoms with Crippen molar-refractivity contribution in [2.24, 2.45) is 7.05 Å². The van der Waals surface area contributed by atoms with Gasteiger partial charge in [0.25, 0.3) is 0 Å². The maximum Gasteiger partial charge on any atom is 0.140 e. The van der Waals surface area contributed by atoms with Gasteiger partial charge in [-0.3, -0.25) is 9.58 Å². The van der Waals surface area contributed by atoms with E-state index in [0.717, 1.165) is 30.8 Å². The summed E-state index contributed by atoms with van der Waals surface area (Å²) in [6.45, 7) is 5.22. The van der Waals surface area contributed by atoms with Crippen molar-refractivity contribution in [3.63, 3.8) is 0 Å². The van der Waals surface area contributed by atoms with Crippen LogP contribution in [0, 0.1) is 0 Å². The number of halogens is 1. The summed E-state index contributed by atoms with van der Waals surface area (Å²) in [7, 11) is 1.93. The lowest BCUT2D eigenvalue weighted by Gasteiger charge is -2.18. The van der Waals surface area contributed by atoms with Crippen LogP contribution in [0.1, 0.15) is 19.2 Å². The summed E-state index contributed by atoms with van der Waals surface area (Å²) in [4.78, 5) is 6.58. The van der Waals surface area contributed by atoms with Crippen LogP contribution >= 0.6 is 15.9 Å². The molecule has 0 atom stereocenters. The standard InChI is InChI=1S/C9H17BrN4/c1-3-14(6-4-5-10)7-9-11-8-12-13(9)2/h8H,3-7H2,1-2H3. The molecule has 0 unspecified atom stereocenters. The van der Waals surface area contributed by atoms with E-state index in [4.69, 9.17) is 0 Å². The van der Waals surface area contributed by atoms with Crippen LogP contribution in [0.3, 0.4) is 0 Å². The molecule has 0 aliphatic carbocycles. The quantitative estimate of drug-likeness (QED) is 0.726. The molecule has 1 aromatic rings. The number of hydrogen-bond donors (Lipinski definition) is 0. The second-order valence-electron chi connectivity index (χ2n) is 3.21. The van der Waals surface area contributed by atoms with Crippen molar-refractivity contribution in [3.05, 3.63) is 12.2 Å². The van der Waals surface area contributed by atoms with Crippen molar-refractivity contribution in [2.45, 2.75) is 19.9 Å². The normalized spacial score (nSPS) is 11.1. The van der Waals surface area contributed by atoms with E-state index in [0.29, 0.717) is 0 Å². The van der Waals surface area contributed by atoms with Gasteiger partial charge in [-0.25, -0.2) is 4.98 Å². The lowest BCUT2D eigenvalue weighted by molar-refractivity contribution is 0.270. The van der Waals surface area contributed by atoms with E-state index < -0.39 is 0 Å². The molecular formula is C9H17BrN4. The van der Waals surface area contributed by atoms with Gasteiger partial charge in [0.15, 0.2) is 0 Å². The third kappa shape index (κ3) is 3.38. The number of aryl methyl sites for hydroxylation is 1. The molecule has 0 radical (unpaired) electrons. The number of nitrogens with zero attached hydrogens (tertiary/aromatic N) is 4. The van der Waals surface area contributed by atoms with Crippen molar-refractivity contribution in [2.75, 3.05) is 18.4 Å². The van der Waals surface area contributed by atoms with Gasteiger partial charge in [-0.1, -0.05) is 22.9 Å². The maximum atomic E-state index is 4.21. The minimum atomic E-state index is 0.889. The van der Waals surface area contributed by atoms with E-state index in [1.54, 1.807) is 6.33 Å². The van der Waals surface area contributed by atoms with Crippen LogP contribution in [-0.2, 0) is 13.6 Å². The number of rotatable bonds is 6. The van der Waals surface area contributed by atoms with Gasteiger partial charge in [-0.05, 0) is 19.5 Å². The molecule has 0 saturated heterocycles. The first-order valence-corrected chi connectivity index (χ1v) is 6.01. The van der Waals surface area contributed by atoms with Crippen LogP contribution in [0.2, 0.25) is 0 Å². The molecule has 14 heavy (non-hydrogen) atoms. The lowest BCUT2D eigenvalue weighted by atomic mass is 10.4. The molecule has 4 nitrogen and oxygen atoms in total. The fourth-order valence-electron chi connectivity index (χ4n) is 1.30. The molecule has 5 heteroatoms. The van der Waals surface area contributed by atoms with Gasteiger partial charge >= 0.3 is 0 Å². The summed E-state index contributed by atoms with van der Waals surface area (Å²) in [6, 6.07) is 0. The summed E-state index contributed by atoms with van der Waals surface area (Å²) in [5.74, 6) is 1.03. The Labute approximate surface area is 93.4 Å². The van der Waals surface area contributed by atoms with Crippen molar-refractivity contribution >= 4 is 15.9 Å². The third-order valence-corrected chi connectivity index (χ3v) is 2.79. The predicted molar refractivity (Wildman–Crippen MR) is 60.4 cm³/mol. The van der Waals surface area contributed by atoms with E-state index in [1.807, 2.05) is 11.7 Å². The van der Waals surface area contributed by atoms with E-state index >= 15 is 0 Å². The lowest BCUT2D eigenvalue weighted by Crippen LogP contribution is -2.26. The predicted octanol–water partition coefficient (Wildman–Crippen LogP) is 1.42. The monoisotopic (exact) mass is 260 g/mol. The fraction of sp³-hybridized carbons (Fsp3) is 0.778. The minimum absolute atomic E-state index is 0.889. The average molecular weight is 261 g/mol. The molecule has 0 bridgehead atoms. The SMILES string of the molecule is CCN(CCCBr)Cc1ncnn1C. The highest BCUT2D eigenvalue weighted by Gasteiger charge is 2.06. The summed E-state index contributed by atoms with van der Waals surface area (Å²) in [5, 5.41) is 5.11. The first-order chi connectivity index (χ1) is 6.77. The van der Waals surface area contributed by atoms with Crippen LogP contribution in [0.5, 0.6) is 0 Å². The van der Waals surface area contributed by atoms with Gasteiger partial charge in [-0.2, -0.15) is 5.10 Å². The Morgan fingerprint density at radius 2 is 2.36 bits per heavy atom. The zero-order chi connectivity index (χ0) is 10.4. The largest absolute Gasteiger partial charge is 0.296 e. The van der Waals surface area contributed by atoms with Crippen LogP contribution < -0.4 is 0 Å². The first kappa shape index (κ1) is 11.7. The Balaban J connectivity index is 2.44. The van der Waals surface area contributed by atoms with Crippen LogP contribution in [-0.4, -0.2) is 38.1 Å². The van der Waals surface area contributed by atoms with Gasteiger partial charge in [0, 0.05) is 12.4 Å². The van der Waals surface area contributed by atoms with E-state index in [1.165, 1.54) is 6.42 Å². The van der Waals surface area contributed by atoms with Crippen LogP contribution in [0.15, 0.2) is 6.33 Å². The van der Waals surface area contributed by atoms with E-state index in [2.05, 4.69) is 37.8 Å². The Morgan fingerprint density at radius 1 is 1.57 bits per heavy atom. The molecule has 0 aromatic carbocycles. The topological polar surface area (TPSA) is 34.0 Å². The smallest absolute Gasteiger partial charge is 0.140 e. The Bertz CT molecular complexity index is 261. The second kappa shape index (κ2) is 6.14. The molecule has 1 rings (SSSR count). The number of aromatic nitrogens is 3. The third-order valence-electron chi connectivity index (χ3n) is 2.23. The zero-order valence-electron chi connectivity index (χ0n) is 8.78. The van der Waals surface area contributed by atoms with Crippen molar-refractivity contribution in [3.8, 4) is 0 Å². The van der Waals surface area contributed by atoms with Gasteiger partial charge < -0.3 is 0 Å². The number of alkyl halides is 1. The van der Waals surface area contributed by atoms with Gasteiger partial charge in [0.1, 0.15) is 12.2 Å². The van der Waals surface area contributed by atoms with Crippen molar-refractivity contribution in [1.29, 1.82) is 0 Å². The molecule has 0 fully saturated rings. The molecule has 0 aliphatic heterocycles. The van der Waals surface area contributed by atoms with Crippen molar-refractivity contribution in [1.82, 2.24) is 19.7 Å². The van der Waals surface area contributed by atoms with E-state index in [-0.39, 0.29) is 0 Å². The fourth-order valence-corrected chi connectivity index (χ4v) is 1.55. The van der Waals surface area contributed by atoms with Crippen LogP contribution in [0.4, 0.5) is 0 Å². The second-order valence-corrected chi connectivity index (χ2v) is 4.00. The van der Waals surface area contributed by atoms with Gasteiger partial charge in [0.2, 0.25) is 0 Å². The summed E-state index contributed by atoms with van der Waals surface area (Å²) < 4.78 is 1.83. The van der Waals surface area contributed by atoms with Crippen LogP contribution in [0.25, 0.3) is 0 Å². The average Bonchev–Trinajstić information content (AvgIpc) is 2.59. The molecular weight excluding hydrogens is 244 g/mol. The maximum absolute atomic E-state index is 4.21. The highest BCUT2D eigenvalue weighted by atomic mass is 79.9. The van der Waals surface area contributed by atoms with Gasteiger partial charge in [-0.15, -0.1) is 0 Å². The molecule has 80 valence electrons. The molecule has 0 saturated carbocycles. The Morgan fingerprint density at radius 3 is 2.86 bits per heavy atom. The molecule has 0 aliphatic rings. The summed E-state index contributed by atoms with van der Waals surface area (Å²) in [5.41, 5.74) is 0.